The number of hydrogen-bond acceptors (Lipinski definition) is 3. The van der Waals surface area contributed by atoms with Gasteiger partial charge >= 0.3 is 0 Å². The van der Waals surface area contributed by atoms with Crippen molar-refractivity contribution >= 4 is 10.0 Å². The van der Waals surface area contributed by atoms with Crippen LogP contribution < -0.4 is 4.72 Å². The molecule has 5 nitrogen and oxygen atoms in total. The summed E-state index contributed by atoms with van der Waals surface area (Å²) in [7, 11) is -3.58. The molecule has 0 saturated carbocycles. The van der Waals surface area contributed by atoms with E-state index in [1.54, 1.807) is 13.8 Å². The predicted octanol–water partition coefficient (Wildman–Crippen LogP) is 3.11. The van der Waals surface area contributed by atoms with E-state index in [2.05, 4.69) is 47.8 Å². The fourth-order valence-electron chi connectivity index (χ4n) is 2.54. The lowest BCUT2D eigenvalue weighted by Crippen LogP contribution is -2.24. The van der Waals surface area contributed by atoms with Gasteiger partial charge in [0.05, 0.1) is 11.4 Å². The summed E-state index contributed by atoms with van der Waals surface area (Å²) in [6.07, 6.45) is 0. The Kier molecular flexibility index (Phi) is 4.69. The molecule has 0 atom stereocenters. The van der Waals surface area contributed by atoms with E-state index >= 15 is 0 Å². The molecule has 0 aliphatic rings. The number of sulfonamides is 1. The smallest absolute Gasteiger partial charge is 0.244 e. The monoisotopic (exact) mass is 335 g/mol. The molecule has 6 heteroatoms. The SMILES string of the molecule is Cc1cc(C(C)(C)C)ccc1CNS(=O)(=O)c1c(C)n[nH]c1C. The van der Waals surface area contributed by atoms with Crippen molar-refractivity contribution < 1.29 is 8.42 Å². The summed E-state index contributed by atoms with van der Waals surface area (Å²) in [6.45, 7) is 12.1. The van der Waals surface area contributed by atoms with Crippen molar-refractivity contribution in [3.63, 3.8) is 0 Å². The van der Waals surface area contributed by atoms with E-state index in [-0.39, 0.29) is 16.9 Å². The third-order valence-corrected chi connectivity index (χ3v) is 5.65. The quantitative estimate of drug-likeness (QED) is 0.901. The number of nitrogens with zero attached hydrogens (tertiary/aromatic N) is 1. The summed E-state index contributed by atoms with van der Waals surface area (Å²) < 4.78 is 27.6. The van der Waals surface area contributed by atoms with Gasteiger partial charge in [-0.25, -0.2) is 13.1 Å². The molecule has 2 aromatic rings. The van der Waals surface area contributed by atoms with Crippen LogP contribution in [0.25, 0.3) is 0 Å². The van der Waals surface area contributed by atoms with E-state index in [1.165, 1.54) is 5.56 Å². The van der Waals surface area contributed by atoms with Crippen molar-refractivity contribution in [3.8, 4) is 0 Å². The highest BCUT2D eigenvalue weighted by Gasteiger charge is 2.22. The van der Waals surface area contributed by atoms with Gasteiger partial charge in [0.25, 0.3) is 0 Å². The van der Waals surface area contributed by atoms with Crippen molar-refractivity contribution in [2.24, 2.45) is 0 Å². The van der Waals surface area contributed by atoms with Crippen LogP contribution >= 0.6 is 0 Å². The molecule has 1 aromatic carbocycles. The molecule has 0 unspecified atom stereocenters. The van der Waals surface area contributed by atoms with Gasteiger partial charge in [-0.2, -0.15) is 5.10 Å². The zero-order chi connectivity index (χ0) is 17.4. The van der Waals surface area contributed by atoms with Crippen molar-refractivity contribution in [1.82, 2.24) is 14.9 Å². The summed E-state index contributed by atoms with van der Waals surface area (Å²) in [4.78, 5) is 0.237. The van der Waals surface area contributed by atoms with E-state index < -0.39 is 10.0 Å². The van der Waals surface area contributed by atoms with Gasteiger partial charge < -0.3 is 0 Å². The summed E-state index contributed by atoms with van der Waals surface area (Å²) in [5, 5.41) is 6.66. The maximum atomic E-state index is 12.5. The molecular formula is C17H25N3O2S. The molecule has 2 rings (SSSR count). The van der Waals surface area contributed by atoms with E-state index in [0.29, 0.717) is 11.4 Å². The van der Waals surface area contributed by atoms with E-state index in [9.17, 15) is 8.42 Å². The normalized spacial score (nSPS) is 12.6. The second kappa shape index (κ2) is 6.09. The first-order chi connectivity index (χ1) is 10.5. The Morgan fingerprint density at radius 3 is 2.30 bits per heavy atom. The van der Waals surface area contributed by atoms with Gasteiger partial charge in [-0.3, -0.25) is 5.10 Å². The first-order valence-electron chi connectivity index (χ1n) is 7.63. The maximum Gasteiger partial charge on any atom is 0.244 e. The topological polar surface area (TPSA) is 74.8 Å². The molecule has 0 saturated heterocycles. The average Bonchev–Trinajstić information content (AvgIpc) is 2.76. The van der Waals surface area contributed by atoms with Crippen LogP contribution in [-0.4, -0.2) is 18.6 Å². The van der Waals surface area contributed by atoms with Crippen molar-refractivity contribution in [3.05, 3.63) is 46.3 Å². The van der Waals surface area contributed by atoms with Crippen molar-refractivity contribution in [2.45, 2.75) is 58.4 Å². The molecule has 0 bridgehead atoms. The number of aryl methyl sites for hydroxylation is 3. The molecule has 2 N–H and O–H groups in total. The highest BCUT2D eigenvalue weighted by Crippen LogP contribution is 2.24. The number of H-pyrrole nitrogens is 1. The Morgan fingerprint density at radius 2 is 1.83 bits per heavy atom. The minimum absolute atomic E-state index is 0.0772. The minimum atomic E-state index is -3.58. The Morgan fingerprint density at radius 1 is 1.17 bits per heavy atom. The number of rotatable bonds is 4. The van der Waals surface area contributed by atoms with Crippen LogP contribution in [0.1, 0.15) is 48.8 Å². The van der Waals surface area contributed by atoms with Crippen LogP contribution in [0, 0.1) is 20.8 Å². The highest BCUT2D eigenvalue weighted by atomic mass is 32.2. The molecular weight excluding hydrogens is 310 g/mol. The van der Waals surface area contributed by atoms with E-state index in [0.717, 1.165) is 11.1 Å². The maximum absolute atomic E-state index is 12.5. The Hall–Kier alpha value is -1.66. The fourth-order valence-corrected chi connectivity index (χ4v) is 3.92. The van der Waals surface area contributed by atoms with Crippen LogP contribution in [0.5, 0.6) is 0 Å². The lowest BCUT2D eigenvalue weighted by molar-refractivity contribution is 0.579. The van der Waals surface area contributed by atoms with E-state index in [4.69, 9.17) is 0 Å². The molecule has 0 radical (unpaired) electrons. The second-order valence-corrected chi connectivity index (χ2v) is 8.68. The average molecular weight is 335 g/mol. The fraction of sp³-hybridized carbons (Fsp3) is 0.471. The number of aromatic amines is 1. The van der Waals surface area contributed by atoms with Crippen LogP contribution in [0.15, 0.2) is 23.1 Å². The zero-order valence-electron chi connectivity index (χ0n) is 14.6. The predicted molar refractivity (Wildman–Crippen MR) is 92.0 cm³/mol. The Balaban J connectivity index is 2.21. The van der Waals surface area contributed by atoms with Crippen LogP contribution in [0.4, 0.5) is 0 Å². The van der Waals surface area contributed by atoms with Gasteiger partial charge in [0.15, 0.2) is 0 Å². The van der Waals surface area contributed by atoms with Gasteiger partial charge in [-0.15, -0.1) is 0 Å². The minimum Gasteiger partial charge on any atom is -0.281 e. The van der Waals surface area contributed by atoms with Crippen molar-refractivity contribution in [1.29, 1.82) is 0 Å². The van der Waals surface area contributed by atoms with Crippen LogP contribution in [0.2, 0.25) is 0 Å². The lowest BCUT2D eigenvalue weighted by Gasteiger charge is -2.20. The molecule has 0 aliphatic carbocycles. The molecule has 23 heavy (non-hydrogen) atoms. The molecule has 0 spiro atoms. The first kappa shape index (κ1) is 17.7. The number of aromatic nitrogens is 2. The second-order valence-electron chi connectivity index (χ2n) is 6.98. The Bertz CT molecular complexity index is 795. The van der Waals surface area contributed by atoms with Crippen LogP contribution in [-0.2, 0) is 22.0 Å². The summed E-state index contributed by atoms with van der Waals surface area (Å²) >= 11 is 0. The van der Waals surface area contributed by atoms with Gasteiger partial charge in [0, 0.05) is 6.54 Å². The summed E-state index contributed by atoms with van der Waals surface area (Å²) in [5.41, 5.74) is 4.40. The van der Waals surface area contributed by atoms with Gasteiger partial charge in [0.2, 0.25) is 10.0 Å². The van der Waals surface area contributed by atoms with Gasteiger partial charge in [-0.05, 0) is 42.9 Å². The molecule has 1 aromatic heterocycles. The summed E-state index contributed by atoms with van der Waals surface area (Å²) in [5.74, 6) is 0. The molecule has 0 aliphatic heterocycles. The van der Waals surface area contributed by atoms with Gasteiger partial charge in [0.1, 0.15) is 4.90 Å². The van der Waals surface area contributed by atoms with Crippen molar-refractivity contribution in [2.75, 3.05) is 0 Å². The lowest BCUT2D eigenvalue weighted by atomic mass is 9.85. The number of hydrogen-bond donors (Lipinski definition) is 2. The van der Waals surface area contributed by atoms with Crippen LogP contribution in [0.3, 0.4) is 0 Å². The Labute approximate surface area is 138 Å². The molecule has 126 valence electrons. The third-order valence-electron chi connectivity index (χ3n) is 3.99. The molecule has 1 heterocycles. The zero-order valence-corrected chi connectivity index (χ0v) is 15.4. The number of nitrogens with one attached hydrogen (secondary N) is 2. The standard InChI is InChI=1S/C17H25N3O2S/c1-11-9-15(17(4,5)6)8-7-14(11)10-18-23(21,22)16-12(2)19-20-13(16)3/h7-9,18H,10H2,1-6H3,(H,19,20). The number of benzene rings is 1. The molecule has 0 amide bonds. The van der Waals surface area contributed by atoms with Gasteiger partial charge in [-0.1, -0.05) is 39.0 Å². The molecule has 0 fully saturated rings. The van der Waals surface area contributed by atoms with E-state index in [1.807, 2.05) is 13.0 Å². The summed E-state index contributed by atoms with van der Waals surface area (Å²) in [6, 6.07) is 6.18. The highest BCUT2D eigenvalue weighted by molar-refractivity contribution is 7.89. The third kappa shape index (κ3) is 3.82. The first-order valence-corrected chi connectivity index (χ1v) is 9.12. The largest absolute Gasteiger partial charge is 0.281 e.